The molecule has 0 saturated carbocycles. The number of nitriles is 1. The van der Waals surface area contributed by atoms with E-state index in [9.17, 15) is 14.9 Å². The highest BCUT2D eigenvalue weighted by Gasteiger charge is 2.18. The van der Waals surface area contributed by atoms with Gasteiger partial charge in [0, 0.05) is 45.8 Å². The van der Waals surface area contributed by atoms with Gasteiger partial charge in [-0.25, -0.2) is 0 Å². The normalized spacial score (nSPS) is 14.9. The van der Waals surface area contributed by atoms with Gasteiger partial charge in [-0.15, -0.1) is 0 Å². The first-order valence-electron chi connectivity index (χ1n) is 8.04. The second-order valence-corrected chi connectivity index (χ2v) is 5.69. The summed E-state index contributed by atoms with van der Waals surface area (Å²) in [6.07, 6.45) is 2.32. The molecule has 2 amide bonds. The van der Waals surface area contributed by atoms with Crippen LogP contribution in [0.15, 0.2) is 42.1 Å². The van der Waals surface area contributed by atoms with Gasteiger partial charge in [-0.1, -0.05) is 30.3 Å². The summed E-state index contributed by atoms with van der Waals surface area (Å²) >= 11 is 0. The van der Waals surface area contributed by atoms with Crippen LogP contribution >= 0.6 is 0 Å². The number of carbonyl (C=O) groups excluding carboxylic acids is 2. The van der Waals surface area contributed by atoms with E-state index in [1.807, 2.05) is 41.3 Å². The predicted molar refractivity (Wildman–Crippen MR) is 90.7 cm³/mol. The molecule has 1 aliphatic rings. The van der Waals surface area contributed by atoms with Crippen LogP contribution in [0.5, 0.6) is 0 Å². The first kappa shape index (κ1) is 17.5. The Morgan fingerprint density at radius 3 is 2.46 bits per heavy atom. The maximum absolute atomic E-state index is 12.1. The van der Waals surface area contributed by atoms with Crippen molar-refractivity contribution in [2.24, 2.45) is 0 Å². The minimum absolute atomic E-state index is 0.0535. The predicted octanol–water partition coefficient (Wildman–Crippen LogP) is 0.917. The number of hydrogen-bond donors (Lipinski definition) is 1. The minimum Gasteiger partial charge on any atom is -0.373 e. The fourth-order valence-corrected chi connectivity index (χ4v) is 2.55. The van der Waals surface area contributed by atoms with Gasteiger partial charge in [0.1, 0.15) is 11.6 Å². The number of carbonyl (C=O) groups is 2. The summed E-state index contributed by atoms with van der Waals surface area (Å²) in [5.74, 6) is -0.305. The highest BCUT2D eigenvalue weighted by Crippen LogP contribution is 2.05. The minimum atomic E-state index is -0.359. The lowest BCUT2D eigenvalue weighted by Gasteiger charge is -2.33. The van der Waals surface area contributed by atoms with Crippen molar-refractivity contribution in [2.75, 3.05) is 32.7 Å². The molecule has 1 aromatic rings. The summed E-state index contributed by atoms with van der Waals surface area (Å²) in [4.78, 5) is 27.1. The van der Waals surface area contributed by atoms with Crippen LogP contribution in [0, 0.1) is 11.3 Å². The van der Waals surface area contributed by atoms with Gasteiger partial charge in [0.05, 0.1) is 0 Å². The fraction of sp³-hybridized carbons (Fsp3) is 0.389. The van der Waals surface area contributed by atoms with Crippen molar-refractivity contribution in [3.63, 3.8) is 0 Å². The number of nitrogens with one attached hydrogen (secondary N) is 1. The van der Waals surface area contributed by atoms with Crippen LogP contribution in [0.4, 0.5) is 0 Å². The van der Waals surface area contributed by atoms with E-state index in [-0.39, 0.29) is 17.4 Å². The van der Waals surface area contributed by atoms with E-state index in [0.29, 0.717) is 32.7 Å². The zero-order valence-corrected chi connectivity index (χ0v) is 13.9. The lowest BCUT2D eigenvalue weighted by atomic mass is 10.1. The lowest BCUT2D eigenvalue weighted by Crippen LogP contribution is -2.46. The Morgan fingerprint density at radius 1 is 1.21 bits per heavy atom. The Balaban J connectivity index is 1.83. The first-order chi connectivity index (χ1) is 11.6. The van der Waals surface area contributed by atoms with Crippen molar-refractivity contribution in [2.45, 2.75) is 13.3 Å². The van der Waals surface area contributed by atoms with Gasteiger partial charge < -0.3 is 15.1 Å². The molecule has 1 aromatic carbocycles. The number of benzene rings is 1. The van der Waals surface area contributed by atoms with Crippen LogP contribution in [0.1, 0.15) is 12.5 Å². The molecule has 1 fully saturated rings. The molecule has 0 spiro atoms. The van der Waals surface area contributed by atoms with E-state index in [0.717, 1.165) is 12.0 Å². The Bertz CT molecular complexity index is 641. The zero-order valence-electron chi connectivity index (χ0n) is 13.9. The summed E-state index contributed by atoms with van der Waals surface area (Å²) in [7, 11) is 0. The van der Waals surface area contributed by atoms with Crippen LogP contribution in [0.25, 0.3) is 0 Å². The van der Waals surface area contributed by atoms with Crippen molar-refractivity contribution < 1.29 is 9.59 Å². The van der Waals surface area contributed by atoms with E-state index in [4.69, 9.17) is 0 Å². The Hall–Kier alpha value is -2.81. The van der Waals surface area contributed by atoms with E-state index in [1.54, 1.807) is 18.0 Å². The molecule has 1 aliphatic heterocycles. The van der Waals surface area contributed by atoms with Crippen LogP contribution < -0.4 is 5.32 Å². The fourth-order valence-electron chi connectivity index (χ4n) is 2.55. The number of piperazine rings is 1. The summed E-state index contributed by atoms with van der Waals surface area (Å²) in [5.41, 5.74) is 1.24. The van der Waals surface area contributed by atoms with E-state index < -0.39 is 0 Å². The highest BCUT2D eigenvalue weighted by atomic mass is 16.2. The Morgan fingerprint density at radius 2 is 1.88 bits per heavy atom. The third-order valence-corrected chi connectivity index (χ3v) is 3.98. The van der Waals surface area contributed by atoms with Crippen LogP contribution in [-0.4, -0.2) is 54.3 Å². The number of amides is 2. The maximum atomic E-state index is 12.1. The second-order valence-electron chi connectivity index (χ2n) is 5.69. The number of rotatable bonds is 5. The monoisotopic (exact) mass is 326 g/mol. The third kappa shape index (κ3) is 5.13. The molecule has 0 aromatic heterocycles. The average Bonchev–Trinajstić information content (AvgIpc) is 2.60. The van der Waals surface area contributed by atoms with Crippen molar-refractivity contribution >= 4 is 11.8 Å². The second kappa shape index (κ2) is 8.73. The van der Waals surface area contributed by atoms with E-state index in [1.165, 1.54) is 0 Å². The third-order valence-electron chi connectivity index (χ3n) is 3.98. The van der Waals surface area contributed by atoms with Crippen molar-refractivity contribution in [3.8, 4) is 6.07 Å². The maximum Gasteiger partial charge on any atom is 0.263 e. The molecule has 2 rings (SSSR count). The zero-order chi connectivity index (χ0) is 17.4. The molecule has 6 nitrogen and oxygen atoms in total. The number of hydrogen-bond acceptors (Lipinski definition) is 4. The quantitative estimate of drug-likeness (QED) is 0.645. The summed E-state index contributed by atoms with van der Waals surface area (Å²) < 4.78 is 0. The summed E-state index contributed by atoms with van der Waals surface area (Å²) in [6, 6.07) is 11.8. The molecule has 1 saturated heterocycles. The molecular formula is C18H22N4O2. The van der Waals surface area contributed by atoms with Gasteiger partial charge in [-0.2, -0.15) is 5.26 Å². The van der Waals surface area contributed by atoms with E-state index in [2.05, 4.69) is 5.32 Å². The molecule has 24 heavy (non-hydrogen) atoms. The topological polar surface area (TPSA) is 76.4 Å². The molecule has 0 atom stereocenters. The standard InChI is InChI=1S/C18H22N4O2/c1-15(23)22-11-9-21(10-12-22)14-17(13-19)18(24)20-8-7-16-5-3-2-4-6-16/h2-6,14H,7-12H2,1H3,(H,20,24)/b17-14-. The van der Waals surface area contributed by atoms with Gasteiger partial charge in [-0.05, 0) is 12.0 Å². The van der Waals surface area contributed by atoms with Gasteiger partial charge in [0.25, 0.3) is 5.91 Å². The molecule has 0 unspecified atom stereocenters. The van der Waals surface area contributed by atoms with Crippen LogP contribution in [0.3, 0.4) is 0 Å². The van der Waals surface area contributed by atoms with Gasteiger partial charge in [-0.3, -0.25) is 9.59 Å². The summed E-state index contributed by atoms with van der Waals surface area (Å²) in [5, 5.41) is 12.0. The van der Waals surface area contributed by atoms with Gasteiger partial charge in [0.2, 0.25) is 5.91 Å². The molecule has 1 N–H and O–H groups in total. The number of nitrogens with zero attached hydrogens (tertiary/aromatic N) is 3. The van der Waals surface area contributed by atoms with Crippen LogP contribution in [-0.2, 0) is 16.0 Å². The van der Waals surface area contributed by atoms with Gasteiger partial charge >= 0.3 is 0 Å². The van der Waals surface area contributed by atoms with Crippen molar-refractivity contribution in [3.05, 3.63) is 47.7 Å². The Kier molecular flexibility index (Phi) is 6.38. The molecule has 6 heteroatoms. The smallest absolute Gasteiger partial charge is 0.263 e. The lowest BCUT2D eigenvalue weighted by molar-refractivity contribution is -0.130. The highest BCUT2D eigenvalue weighted by molar-refractivity contribution is 5.97. The van der Waals surface area contributed by atoms with E-state index >= 15 is 0 Å². The Labute approximate surface area is 142 Å². The molecule has 1 heterocycles. The SMILES string of the molecule is CC(=O)N1CCN(/C=C(/C#N)C(=O)NCCc2ccccc2)CC1. The molecule has 0 radical (unpaired) electrons. The molecular weight excluding hydrogens is 304 g/mol. The van der Waals surface area contributed by atoms with Gasteiger partial charge in [0.15, 0.2) is 0 Å². The summed E-state index contributed by atoms with van der Waals surface area (Å²) in [6.45, 7) is 4.51. The van der Waals surface area contributed by atoms with Crippen LogP contribution in [0.2, 0.25) is 0 Å². The van der Waals surface area contributed by atoms with Crippen molar-refractivity contribution in [1.82, 2.24) is 15.1 Å². The van der Waals surface area contributed by atoms with Crippen molar-refractivity contribution in [1.29, 1.82) is 5.26 Å². The molecule has 126 valence electrons. The molecule has 0 aliphatic carbocycles. The first-order valence-corrected chi connectivity index (χ1v) is 8.04. The largest absolute Gasteiger partial charge is 0.373 e. The molecule has 0 bridgehead atoms. The average molecular weight is 326 g/mol.